The first-order chi connectivity index (χ1) is 15.4. The van der Waals surface area contributed by atoms with Gasteiger partial charge in [0.15, 0.2) is 0 Å². The molecule has 2 fully saturated rings. The molecule has 2 aliphatic rings. The second kappa shape index (κ2) is 11.0. The fraction of sp³-hybridized carbons (Fsp3) is 0.600. The molecule has 0 aliphatic carbocycles. The van der Waals surface area contributed by atoms with Crippen LogP contribution in [-0.4, -0.2) is 80.1 Å². The predicted molar refractivity (Wildman–Crippen MR) is 132 cm³/mol. The van der Waals surface area contributed by atoms with Crippen LogP contribution in [0.4, 0.5) is 0 Å². The van der Waals surface area contributed by atoms with Gasteiger partial charge in [0.2, 0.25) is 0 Å². The number of methoxy groups -OCH3 is 1. The number of pyridine rings is 1. The van der Waals surface area contributed by atoms with E-state index >= 15 is 0 Å². The summed E-state index contributed by atoms with van der Waals surface area (Å²) in [6.07, 6.45) is 7.95. The molecule has 2 saturated heterocycles. The van der Waals surface area contributed by atoms with Crippen molar-refractivity contribution in [2.75, 3.05) is 53.9 Å². The molecule has 0 radical (unpaired) electrons. The van der Waals surface area contributed by atoms with E-state index in [2.05, 4.69) is 46.0 Å². The number of hydrogen-bond acceptors (Lipinski definition) is 6. The van der Waals surface area contributed by atoms with Crippen LogP contribution < -0.4 is 10.6 Å². The van der Waals surface area contributed by atoms with E-state index < -0.39 is 0 Å². The summed E-state index contributed by atoms with van der Waals surface area (Å²) in [4.78, 5) is 9.25. The van der Waals surface area contributed by atoms with Gasteiger partial charge in [-0.1, -0.05) is 6.58 Å². The van der Waals surface area contributed by atoms with Crippen molar-refractivity contribution in [3.05, 3.63) is 47.9 Å². The normalized spacial score (nSPS) is 20.4. The van der Waals surface area contributed by atoms with E-state index in [9.17, 15) is 0 Å². The molecule has 1 aromatic rings. The Labute approximate surface area is 193 Å². The van der Waals surface area contributed by atoms with Crippen LogP contribution in [-0.2, 0) is 4.74 Å². The lowest BCUT2D eigenvalue weighted by molar-refractivity contribution is -0.0334. The van der Waals surface area contributed by atoms with Crippen LogP contribution in [0.5, 0.6) is 0 Å². The van der Waals surface area contributed by atoms with Gasteiger partial charge in [-0.05, 0) is 76.9 Å². The number of nitrogens with zero attached hydrogens (tertiary/aromatic N) is 3. The highest BCUT2D eigenvalue weighted by molar-refractivity contribution is 5.95. The number of piperidine rings is 2. The van der Waals surface area contributed by atoms with E-state index in [0.717, 1.165) is 62.5 Å². The van der Waals surface area contributed by atoms with Crippen LogP contribution in [0.2, 0.25) is 0 Å². The fourth-order valence-corrected chi connectivity index (χ4v) is 4.55. The summed E-state index contributed by atoms with van der Waals surface area (Å²) in [5.41, 5.74) is 3.73. The van der Waals surface area contributed by atoms with Gasteiger partial charge in [-0.25, -0.2) is 0 Å². The number of likely N-dealkylation sites (N-methyl/N-ethyl adjacent to an activating group) is 1. The van der Waals surface area contributed by atoms with E-state index in [1.807, 2.05) is 25.3 Å². The zero-order chi connectivity index (χ0) is 23.1. The zero-order valence-corrected chi connectivity index (χ0v) is 20.2. The number of aromatic nitrogens is 1. The second-order valence-corrected chi connectivity index (χ2v) is 9.29. The van der Waals surface area contributed by atoms with Gasteiger partial charge in [-0.15, -0.1) is 0 Å². The molecule has 176 valence electrons. The number of ether oxygens (including phenoxy) is 1. The van der Waals surface area contributed by atoms with Crippen molar-refractivity contribution in [2.24, 2.45) is 5.92 Å². The maximum absolute atomic E-state index is 8.58. The van der Waals surface area contributed by atoms with E-state index in [1.165, 1.54) is 12.8 Å². The summed E-state index contributed by atoms with van der Waals surface area (Å²) < 4.78 is 5.73. The molecular weight excluding hydrogens is 400 g/mol. The molecule has 32 heavy (non-hydrogen) atoms. The van der Waals surface area contributed by atoms with Crippen LogP contribution in [0.15, 0.2) is 36.7 Å². The first-order valence-corrected chi connectivity index (χ1v) is 11.7. The molecule has 1 aromatic heterocycles. The van der Waals surface area contributed by atoms with Gasteiger partial charge in [-0.3, -0.25) is 10.4 Å². The SMILES string of the molecule is C=C/C(NC)=C(\c1ccnc(C(=N)NCC2CCN(C)CC2)c1)N1CCC(C)(OC)CC1. The van der Waals surface area contributed by atoms with Gasteiger partial charge in [0.1, 0.15) is 11.5 Å². The molecular formula is C25H40N6O. The standard InChI is InChI=1S/C25H40N6O/c1-6-21(27-3)23(31-15-10-25(2,32-5)11-16-31)20-7-12-28-22(17-20)24(26)29-18-19-8-13-30(4)14-9-19/h6-7,12,17,19,27H,1,8-11,13-16,18H2,2-5H3,(H2,26,29)/b23-21-. The molecule has 0 amide bonds. The molecule has 0 spiro atoms. The minimum Gasteiger partial charge on any atom is -0.386 e. The average Bonchev–Trinajstić information content (AvgIpc) is 2.83. The van der Waals surface area contributed by atoms with Gasteiger partial charge in [-0.2, -0.15) is 0 Å². The van der Waals surface area contributed by atoms with E-state index in [0.29, 0.717) is 17.4 Å². The molecule has 0 atom stereocenters. The third kappa shape index (κ3) is 5.90. The average molecular weight is 441 g/mol. The Balaban J connectivity index is 1.75. The number of rotatable bonds is 8. The summed E-state index contributed by atoms with van der Waals surface area (Å²) in [5.74, 6) is 1.01. The highest BCUT2D eigenvalue weighted by Gasteiger charge is 2.31. The molecule has 7 nitrogen and oxygen atoms in total. The fourth-order valence-electron chi connectivity index (χ4n) is 4.55. The molecule has 0 aromatic carbocycles. The third-order valence-corrected chi connectivity index (χ3v) is 7.05. The first-order valence-electron chi connectivity index (χ1n) is 11.7. The highest BCUT2D eigenvalue weighted by Crippen LogP contribution is 2.31. The third-order valence-electron chi connectivity index (χ3n) is 7.05. The monoisotopic (exact) mass is 440 g/mol. The van der Waals surface area contributed by atoms with E-state index in [-0.39, 0.29) is 5.60 Å². The first kappa shape index (κ1) is 24.3. The molecule has 3 rings (SSSR count). The van der Waals surface area contributed by atoms with Crippen molar-refractivity contribution < 1.29 is 4.74 Å². The molecule has 0 bridgehead atoms. The Morgan fingerprint density at radius 2 is 2.00 bits per heavy atom. The van der Waals surface area contributed by atoms with Gasteiger partial charge < -0.3 is 25.2 Å². The Bertz CT molecular complexity index is 819. The van der Waals surface area contributed by atoms with E-state index in [1.54, 1.807) is 13.3 Å². The minimum absolute atomic E-state index is 0.0705. The van der Waals surface area contributed by atoms with Crippen molar-refractivity contribution in [3.63, 3.8) is 0 Å². The maximum atomic E-state index is 8.58. The number of allylic oxidation sites excluding steroid dienone is 1. The zero-order valence-electron chi connectivity index (χ0n) is 20.2. The lowest BCUT2D eigenvalue weighted by atomic mass is 9.92. The molecule has 0 saturated carbocycles. The second-order valence-electron chi connectivity index (χ2n) is 9.29. The number of hydrogen-bond donors (Lipinski definition) is 3. The molecule has 3 N–H and O–H groups in total. The Morgan fingerprint density at radius 3 is 2.59 bits per heavy atom. The summed E-state index contributed by atoms with van der Waals surface area (Å²) in [6, 6.07) is 4.04. The van der Waals surface area contributed by atoms with Crippen molar-refractivity contribution in [1.29, 1.82) is 5.41 Å². The van der Waals surface area contributed by atoms with Crippen molar-refractivity contribution in [1.82, 2.24) is 25.4 Å². The van der Waals surface area contributed by atoms with Gasteiger partial charge in [0.25, 0.3) is 0 Å². The summed E-state index contributed by atoms with van der Waals surface area (Å²) in [7, 11) is 5.90. The summed E-state index contributed by atoms with van der Waals surface area (Å²) in [5, 5.41) is 15.2. The Morgan fingerprint density at radius 1 is 1.31 bits per heavy atom. The molecule has 0 unspecified atom stereocenters. The van der Waals surface area contributed by atoms with Crippen molar-refractivity contribution in [3.8, 4) is 0 Å². The molecule has 2 aliphatic heterocycles. The van der Waals surface area contributed by atoms with Gasteiger partial charge >= 0.3 is 0 Å². The Hall–Kier alpha value is -2.38. The molecule has 3 heterocycles. The van der Waals surface area contributed by atoms with Crippen molar-refractivity contribution >= 4 is 11.5 Å². The predicted octanol–water partition coefficient (Wildman–Crippen LogP) is 2.91. The van der Waals surface area contributed by atoms with Crippen LogP contribution in [0.25, 0.3) is 5.70 Å². The number of amidine groups is 1. The van der Waals surface area contributed by atoms with Crippen LogP contribution in [0.1, 0.15) is 43.9 Å². The highest BCUT2D eigenvalue weighted by atomic mass is 16.5. The topological polar surface area (TPSA) is 76.5 Å². The quantitative estimate of drug-likeness (QED) is 0.328. The minimum atomic E-state index is -0.0705. The van der Waals surface area contributed by atoms with Crippen molar-refractivity contribution in [2.45, 2.75) is 38.2 Å². The largest absolute Gasteiger partial charge is 0.386 e. The lowest BCUT2D eigenvalue weighted by Gasteiger charge is -2.41. The maximum Gasteiger partial charge on any atom is 0.144 e. The summed E-state index contributed by atoms with van der Waals surface area (Å²) in [6.45, 7) is 11.1. The lowest BCUT2D eigenvalue weighted by Crippen LogP contribution is -2.43. The Kier molecular flexibility index (Phi) is 8.32. The molecule has 7 heteroatoms. The summed E-state index contributed by atoms with van der Waals surface area (Å²) >= 11 is 0. The van der Waals surface area contributed by atoms with Gasteiger partial charge in [0, 0.05) is 45.6 Å². The number of likely N-dealkylation sites (tertiary alicyclic amines) is 2. The van der Waals surface area contributed by atoms with Gasteiger partial charge in [0.05, 0.1) is 17.0 Å². The smallest absolute Gasteiger partial charge is 0.144 e. The van der Waals surface area contributed by atoms with Crippen LogP contribution in [0, 0.1) is 11.3 Å². The van der Waals surface area contributed by atoms with Crippen LogP contribution >= 0.6 is 0 Å². The number of nitrogens with one attached hydrogen (secondary N) is 3. The van der Waals surface area contributed by atoms with Crippen LogP contribution in [0.3, 0.4) is 0 Å². The van der Waals surface area contributed by atoms with E-state index in [4.69, 9.17) is 10.1 Å².